The number of fused-ring (bicyclic) bond motifs is 1. The summed E-state index contributed by atoms with van der Waals surface area (Å²) in [4.78, 5) is 25.4. The van der Waals surface area contributed by atoms with Gasteiger partial charge in [-0.1, -0.05) is 32.1 Å². The summed E-state index contributed by atoms with van der Waals surface area (Å²) >= 11 is 0. The van der Waals surface area contributed by atoms with Gasteiger partial charge in [0.1, 0.15) is 12.4 Å². The number of rotatable bonds is 7. The molecule has 1 saturated carbocycles. The van der Waals surface area contributed by atoms with E-state index in [-0.39, 0.29) is 25.1 Å². The Hall–Kier alpha value is -2.41. The summed E-state index contributed by atoms with van der Waals surface area (Å²) in [5.41, 5.74) is 1.76. The van der Waals surface area contributed by atoms with Crippen LogP contribution in [0.2, 0.25) is 0 Å². The first-order chi connectivity index (χ1) is 15.1. The summed E-state index contributed by atoms with van der Waals surface area (Å²) in [7, 11) is 0. The Morgan fingerprint density at radius 2 is 2.00 bits per heavy atom. The van der Waals surface area contributed by atoms with Crippen LogP contribution in [0.1, 0.15) is 55.9 Å². The van der Waals surface area contributed by atoms with Crippen LogP contribution in [-0.2, 0) is 16.1 Å². The molecule has 0 radical (unpaired) electrons. The van der Waals surface area contributed by atoms with Gasteiger partial charge in [-0.25, -0.2) is 9.18 Å². The van der Waals surface area contributed by atoms with Crippen LogP contribution in [0.3, 0.4) is 0 Å². The van der Waals surface area contributed by atoms with Gasteiger partial charge in [-0.15, -0.1) is 0 Å². The number of hydrogen-bond donors (Lipinski definition) is 2. The quantitative estimate of drug-likeness (QED) is 0.645. The zero-order valence-corrected chi connectivity index (χ0v) is 18.2. The number of anilines is 1. The fourth-order valence-electron chi connectivity index (χ4n) is 5.35. The van der Waals surface area contributed by atoms with E-state index >= 15 is 0 Å². The Balaban J connectivity index is 1.53. The Morgan fingerprint density at radius 1 is 1.19 bits per heavy atom. The molecule has 1 aliphatic heterocycles. The number of halogens is 1. The fraction of sp³-hybridized carbons (Fsp3) is 0.583. The molecule has 0 bridgehead atoms. The maximum Gasteiger partial charge on any atom is 0.354 e. The summed E-state index contributed by atoms with van der Waals surface area (Å²) in [6.07, 6.45) is 7.34. The predicted molar refractivity (Wildman–Crippen MR) is 119 cm³/mol. The number of hydrogen-bond acceptors (Lipinski definition) is 4. The SMILES string of the molecule is CCOC(=O)c1cc2cc(NC(=O)[C@H]3NCC[C@H]3C3CCCCC3)ccc2n1CCF. The minimum Gasteiger partial charge on any atom is -0.461 e. The molecule has 0 unspecified atom stereocenters. The van der Waals surface area contributed by atoms with E-state index in [2.05, 4.69) is 10.6 Å². The first-order valence-corrected chi connectivity index (χ1v) is 11.5. The fourth-order valence-corrected chi connectivity index (χ4v) is 5.35. The smallest absolute Gasteiger partial charge is 0.354 e. The summed E-state index contributed by atoms with van der Waals surface area (Å²) < 4.78 is 19.8. The van der Waals surface area contributed by atoms with Crippen molar-refractivity contribution in [3.8, 4) is 0 Å². The number of carbonyl (C=O) groups excluding carboxylic acids is 2. The number of alkyl halides is 1. The van der Waals surface area contributed by atoms with Crippen LogP contribution in [0.5, 0.6) is 0 Å². The van der Waals surface area contributed by atoms with Crippen molar-refractivity contribution >= 4 is 28.5 Å². The Labute approximate surface area is 182 Å². The van der Waals surface area contributed by atoms with Crippen LogP contribution in [0.15, 0.2) is 24.3 Å². The second kappa shape index (κ2) is 9.81. The van der Waals surface area contributed by atoms with Crippen molar-refractivity contribution in [1.82, 2.24) is 9.88 Å². The Morgan fingerprint density at radius 3 is 2.74 bits per heavy atom. The molecule has 1 saturated heterocycles. The average molecular weight is 430 g/mol. The van der Waals surface area contributed by atoms with Crippen LogP contribution in [-0.4, -0.2) is 42.3 Å². The zero-order chi connectivity index (χ0) is 21.8. The van der Waals surface area contributed by atoms with Crippen LogP contribution < -0.4 is 10.6 Å². The van der Waals surface area contributed by atoms with Gasteiger partial charge < -0.3 is 19.9 Å². The summed E-state index contributed by atoms with van der Waals surface area (Å²) in [6.45, 7) is 2.38. The third-order valence-electron chi connectivity index (χ3n) is 6.77. The molecule has 2 atom stereocenters. The topological polar surface area (TPSA) is 72.4 Å². The molecular formula is C24H32FN3O3. The molecule has 6 nitrogen and oxygen atoms in total. The molecule has 168 valence electrons. The van der Waals surface area contributed by atoms with Crippen LogP contribution in [0.25, 0.3) is 10.9 Å². The highest BCUT2D eigenvalue weighted by molar-refractivity contribution is 6.00. The highest BCUT2D eigenvalue weighted by Gasteiger charge is 2.38. The van der Waals surface area contributed by atoms with E-state index in [1.165, 1.54) is 32.1 Å². The molecular weight excluding hydrogens is 397 g/mol. The van der Waals surface area contributed by atoms with Crippen molar-refractivity contribution in [2.24, 2.45) is 11.8 Å². The predicted octanol–water partition coefficient (Wildman–Crippen LogP) is 4.28. The van der Waals surface area contributed by atoms with E-state index in [1.807, 2.05) is 18.2 Å². The standard InChI is InChI=1S/C24H32FN3O3/c1-2-31-24(30)21-15-17-14-18(8-9-20(17)28(21)13-11-25)27-23(29)22-19(10-12-26-22)16-6-4-3-5-7-16/h8-9,14-16,19,22,26H,2-7,10-13H2,1H3,(H,27,29)/t19-,22-/m0/s1. The third kappa shape index (κ3) is 4.61. The molecule has 1 amide bonds. The second-order valence-electron chi connectivity index (χ2n) is 8.64. The van der Waals surface area contributed by atoms with Crippen LogP contribution in [0, 0.1) is 11.8 Å². The lowest BCUT2D eigenvalue weighted by Gasteiger charge is -2.30. The number of carbonyl (C=O) groups is 2. The Kier molecular flexibility index (Phi) is 6.90. The summed E-state index contributed by atoms with van der Waals surface area (Å²) in [5, 5.41) is 7.24. The molecule has 2 aromatic rings. The van der Waals surface area contributed by atoms with Crippen molar-refractivity contribution in [1.29, 1.82) is 0 Å². The van der Waals surface area contributed by atoms with E-state index in [9.17, 15) is 14.0 Å². The van der Waals surface area contributed by atoms with Gasteiger partial charge in [-0.2, -0.15) is 0 Å². The van der Waals surface area contributed by atoms with Crippen molar-refractivity contribution in [2.45, 2.75) is 58.0 Å². The van der Waals surface area contributed by atoms with Gasteiger partial charge in [0.25, 0.3) is 0 Å². The monoisotopic (exact) mass is 429 g/mol. The largest absolute Gasteiger partial charge is 0.461 e. The van der Waals surface area contributed by atoms with Gasteiger partial charge >= 0.3 is 5.97 Å². The molecule has 31 heavy (non-hydrogen) atoms. The van der Waals surface area contributed by atoms with Gasteiger partial charge in [0, 0.05) is 16.6 Å². The van der Waals surface area contributed by atoms with Gasteiger partial charge in [0.15, 0.2) is 0 Å². The third-order valence-corrected chi connectivity index (χ3v) is 6.77. The van der Waals surface area contributed by atoms with Crippen molar-refractivity contribution < 1.29 is 18.7 Å². The molecule has 4 rings (SSSR count). The second-order valence-corrected chi connectivity index (χ2v) is 8.64. The number of aryl methyl sites for hydroxylation is 1. The van der Waals surface area contributed by atoms with Crippen molar-refractivity contribution in [3.63, 3.8) is 0 Å². The van der Waals surface area contributed by atoms with Crippen molar-refractivity contribution in [3.05, 3.63) is 30.0 Å². The number of benzene rings is 1. The van der Waals surface area contributed by atoms with Crippen molar-refractivity contribution in [2.75, 3.05) is 25.1 Å². The first kappa shape index (κ1) is 21.8. The van der Waals surface area contributed by atoms with E-state index in [0.717, 1.165) is 23.9 Å². The molecule has 0 spiro atoms. The first-order valence-electron chi connectivity index (χ1n) is 11.5. The average Bonchev–Trinajstić information content (AvgIpc) is 3.40. The lowest BCUT2D eigenvalue weighted by Crippen LogP contribution is -2.42. The van der Waals surface area contributed by atoms with E-state index in [4.69, 9.17) is 4.74 Å². The highest BCUT2D eigenvalue weighted by atomic mass is 19.1. The Bertz CT molecular complexity index is 936. The summed E-state index contributed by atoms with van der Waals surface area (Å²) in [6, 6.07) is 7.02. The number of amides is 1. The van der Waals surface area contributed by atoms with Crippen LogP contribution in [0.4, 0.5) is 10.1 Å². The number of ether oxygens (including phenoxy) is 1. The highest BCUT2D eigenvalue weighted by Crippen LogP contribution is 2.36. The number of nitrogens with zero attached hydrogens (tertiary/aromatic N) is 1. The van der Waals surface area contributed by atoms with E-state index in [1.54, 1.807) is 17.6 Å². The minimum atomic E-state index is -0.579. The number of aromatic nitrogens is 1. The van der Waals surface area contributed by atoms with E-state index < -0.39 is 12.6 Å². The molecule has 1 aromatic carbocycles. The van der Waals surface area contributed by atoms with Gasteiger partial charge in [0.05, 0.1) is 19.2 Å². The molecule has 1 aromatic heterocycles. The zero-order valence-electron chi connectivity index (χ0n) is 18.2. The van der Waals surface area contributed by atoms with E-state index in [0.29, 0.717) is 23.2 Å². The number of nitrogens with one attached hydrogen (secondary N) is 2. The molecule has 1 aliphatic carbocycles. The summed E-state index contributed by atoms with van der Waals surface area (Å²) in [5.74, 6) is 0.554. The minimum absolute atomic E-state index is 0.00114. The maximum atomic E-state index is 13.1. The molecule has 2 aliphatic rings. The molecule has 2 heterocycles. The molecule has 7 heteroatoms. The number of esters is 1. The molecule has 2 N–H and O–H groups in total. The van der Waals surface area contributed by atoms with Gasteiger partial charge in [0.2, 0.25) is 5.91 Å². The van der Waals surface area contributed by atoms with Gasteiger partial charge in [-0.3, -0.25) is 4.79 Å². The van der Waals surface area contributed by atoms with Crippen LogP contribution >= 0.6 is 0 Å². The normalized spacial score (nSPS) is 22.0. The maximum absolute atomic E-state index is 13.1. The van der Waals surface area contributed by atoms with Gasteiger partial charge in [-0.05, 0) is 56.0 Å². The lowest BCUT2D eigenvalue weighted by atomic mass is 9.76. The lowest BCUT2D eigenvalue weighted by molar-refractivity contribution is -0.119. The molecule has 2 fully saturated rings.